The number of allylic oxidation sites excluding steroid dienone is 4. The van der Waals surface area contributed by atoms with Gasteiger partial charge in [0.05, 0.1) is 0 Å². The zero-order chi connectivity index (χ0) is 7.68. The molecular formula is C10H10S. The van der Waals surface area contributed by atoms with Gasteiger partial charge in [-0.15, -0.1) is 0 Å². The number of hydrogen-bond donors (Lipinski definition) is 0. The summed E-state index contributed by atoms with van der Waals surface area (Å²) in [7, 11) is 0. The molecule has 0 aromatic carbocycles. The second kappa shape index (κ2) is 2.67. The maximum atomic E-state index is 2.23. The van der Waals surface area contributed by atoms with Crippen LogP contribution in [0.4, 0.5) is 0 Å². The summed E-state index contributed by atoms with van der Waals surface area (Å²) in [5.41, 5.74) is 2.83. The zero-order valence-electron chi connectivity index (χ0n) is 6.45. The maximum absolute atomic E-state index is 2.23. The van der Waals surface area contributed by atoms with Gasteiger partial charge in [0.1, 0.15) is 0 Å². The standard InChI is InChI=1S/C10H10S/c1-8-3-2-4-10(8)9-5-6-11-7-9/h2-8H,1H3. The lowest BCUT2D eigenvalue weighted by Gasteiger charge is -2.04. The fraction of sp³-hybridized carbons (Fsp3) is 0.200. The van der Waals surface area contributed by atoms with E-state index in [4.69, 9.17) is 0 Å². The molecule has 0 saturated heterocycles. The molecule has 2 rings (SSSR count). The van der Waals surface area contributed by atoms with Gasteiger partial charge < -0.3 is 0 Å². The Balaban J connectivity index is 2.33. The molecule has 0 spiro atoms. The molecule has 56 valence electrons. The van der Waals surface area contributed by atoms with Crippen molar-refractivity contribution in [3.63, 3.8) is 0 Å². The Labute approximate surface area is 70.9 Å². The van der Waals surface area contributed by atoms with E-state index >= 15 is 0 Å². The third-order valence-electron chi connectivity index (χ3n) is 2.02. The molecule has 11 heavy (non-hydrogen) atoms. The molecule has 0 fully saturated rings. The van der Waals surface area contributed by atoms with E-state index in [-0.39, 0.29) is 0 Å². The predicted molar refractivity (Wildman–Crippen MR) is 50.6 cm³/mol. The summed E-state index contributed by atoms with van der Waals surface area (Å²) in [4.78, 5) is 0. The van der Waals surface area contributed by atoms with E-state index in [9.17, 15) is 0 Å². The lowest BCUT2D eigenvalue weighted by molar-refractivity contribution is 0.982. The van der Waals surface area contributed by atoms with Crippen molar-refractivity contribution in [3.05, 3.63) is 40.6 Å². The second-order valence-corrected chi connectivity index (χ2v) is 3.59. The molecule has 1 atom stereocenters. The monoisotopic (exact) mass is 162 g/mol. The Morgan fingerprint density at radius 2 is 2.36 bits per heavy atom. The summed E-state index contributed by atoms with van der Waals surface area (Å²) in [6, 6.07) is 2.18. The first-order chi connectivity index (χ1) is 5.38. The van der Waals surface area contributed by atoms with Crippen molar-refractivity contribution >= 4 is 16.9 Å². The van der Waals surface area contributed by atoms with Crippen molar-refractivity contribution in [1.82, 2.24) is 0 Å². The highest BCUT2D eigenvalue weighted by atomic mass is 32.1. The van der Waals surface area contributed by atoms with Crippen LogP contribution in [-0.2, 0) is 0 Å². The molecule has 1 aliphatic carbocycles. The Hall–Kier alpha value is -0.820. The second-order valence-electron chi connectivity index (χ2n) is 2.81. The van der Waals surface area contributed by atoms with Gasteiger partial charge in [0, 0.05) is 0 Å². The third-order valence-corrected chi connectivity index (χ3v) is 2.70. The summed E-state index contributed by atoms with van der Waals surface area (Å²) < 4.78 is 0. The lowest BCUT2D eigenvalue weighted by Crippen LogP contribution is -1.88. The summed E-state index contributed by atoms with van der Waals surface area (Å²) in [6.45, 7) is 2.23. The fourth-order valence-electron chi connectivity index (χ4n) is 1.37. The first-order valence-electron chi connectivity index (χ1n) is 3.79. The van der Waals surface area contributed by atoms with Crippen LogP contribution in [0, 0.1) is 5.92 Å². The number of rotatable bonds is 1. The molecule has 0 bridgehead atoms. The quantitative estimate of drug-likeness (QED) is 0.594. The van der Waals surface area contributed by atoms with Crippen LogP contribution in [0.1, 0.15) is 12.5 Å². The van der Waals surface area contributed by atoms with Crippen LogP contribution in [-0.4, -0.2) is 0 Å². The normalized spacial score (nSPS) is 22.3. The van der Waals surface area contributed by atoms with Crippen LogP contribution in [0.2, 0.25) is 0 Å². The average Bonchev–Trinajstić information content (AvgIpc) is 2.55. The highest BCUT2D eigenvalue weighted by molar-refractivity contribution is 7.08. The molecule has 1 aromatic rings. The van der Waals surface area contributed by atoms with E-state index in [1.54, 1.807) is 11.3 Å². The average molecular weight is 162 g/mol. The van der Waals surface area contributed by atoms with E-state index in [0.717, 1.165) is 0 Å². The summed E-state index contributed by atoms with van der Waals surface area (Å²) in [5.74, 6) is 0.601. The molecule has 0 saturated carbocycles. The molecular weight excluding hydrogens is 152 g/mol. The molecule has 1 heterocycles. The Morgan fingerprint density at radius 1 is 1.45 bits per heavy atom. The van der Waals surface area contributed by atoms with Crippen LogP contribution in [0.25, 0.3) is 5.57 Å². The van der Waals surface area contributed by atoms with Crippen LogP contribution >= 0.6 is 11.3 Å². The van der Waals surface area contributed by atoms with E-state index in [0.29, 0.717) is 5.92 Å². The lowest BCUT2D eigenvalue weighted by atomic mass is 10.0. The van der Waals surface area contributed by atoms with Crippen LogP contribution in [0.15, 0.2) is 35.1 Å². The molecule has 0 amide bonds. The Bertz CT molecular complexity index is 291. The van der Waals surface area contributed by atoms with Crippen LogP contribution in [0.3, 0.4) is 0 Å². The smallest absolute Gasteiger partial charge is 0.000109 e. The van der Waals surface area contributed by atoms with Crippen LogP contribution < -0.4 is 0 Å². The Kier molecular flexibility index (Phi) is 1.66. The predicted octanol–water partition coefficient (Wildman–Crippen LogP) is 3.34. The molecule has 0 N–H and O–H groups in total. The van der Waals surface area contributed by atoms with Crippen molar-refractivity contribution in [1.29, 1.82) is 0 Å². The van der Waals surface area contributed by atoms with Crippen molar-refractivity contribution in [2.45, 2.75) is 6.92 Å². The van der Waals surface area contributed by atoms with Gasteiger partial charge in [0.25, 0.3) is 0 Å². The molecule has 1 heteroatoms. The van der Waals surface area contributed by atoms with Gasteiger partial charge in [-0.2, -0.15) is 11.3 Å². The van der Waals surface area contributed by atoms with Gasteiger partial charge in [-0.1, -0.05) is 25.2 Å². The van der Waals surface area contributed by atoms with E-state index in [1.165, 1.54) is 11.1 Å². The number of thiophene rings is 1. The van der Waals surface area contributed by atoms with Gasteiger partial charge in [0.15, 0.2) is 0 Å². The minimum atomic E-state index is 0.601. The molecule has 0 radical (unpaired) electrons. The maximum Gasteiger partial charge on any atom is -0.000109 e. The van der Waals surface area contributed by atoms with Gasteiger partial charge in [-0.25, -0.2) is 0 Å². The van der Waals surface area contributed by atoms with Crippen LogP contribution in [0.5, 0.6) is 0 Å². The minimum absolute atomic E-state index is 0.601. The third kappa shape index (κ3) is 1.16. The first kappa shape index (κ1) is 6.86. The summed E-state index contributed by atoms with van der Waals surface area (Å²) >= 11 is 1.76. The van der Waals surface area contributed by atoms with Gasteiger partial charge >= 0.3 is 0 Å². The van der Waals surface area contributed by atoms with E-state index in [1.807, 2.05) is 0 Å². The molecule has 1 aromatic heterocycles. The van der Waals surface area contributed by atoms with Crippen molar-refractivity contribution in [3.8, 4) is 0 Å². The first-order valence-corrected chi connectivity index (χ1v) is 4.73. The molecule has 0 aliphatic heterocycles. The molecule has 1 unspecified atom stereocenters. The van der Waals surface area contributed by atoms with E-state index < -0.39 is 0 Å². The topological polar surface area (TPSA) is 0 Å². The van der Waals surface area contributed by atoms with Crippen molar-refractivity contribution in [2.75, 3.05) is 0 Å². The summed E-state index contributed by atoms with van der Waals surface area (Å²) in [5, 5.41) is 4.33. The van der Waals surface area contributed by atoms with E-state index in [2.05, 4.69) is 42.0 Å². The van der Waals surface area contributed by atoms with Crippen molar-refractivity contribution in [2.24, 2.45) is 5.92 Å². The number of hydrogen-bond acceptors (Lipinski definition) is 1. The fourth-order valence-corrected chi connectivity index (χ4v) is 2.03. The SMILES string of the molecule is CC1C=CC=C1c1ccsc1. The minimum Gasteiger partial charge on any atom is -0.152 e. The Morgan fingerprint density at radius 3 is 2.91 bits per heavy atom. The van der Waals surface area contributed by atoms with Gasteiger partial charge in [0.2, 0.25) is 0 Å². The largest absolute Gasteiger partial charge is 0.152 e. The molecule has 0 nitrogen and oxygen atoms in total. The highest BCUT2D eigenvalue weighted by Crippen LogP contribution is 2.29. The summed E-state index contributed by atoms with van der Waals surface area (Å²) in [6.07, 6.45) is 6.57. The van der Waals surface area contributed by atoms with Crippen molar-refractivity contribution < 1.29 is 0 Å². The molecule has 1 aliphatic rings. The van der Waals surface area contributed by atoms with Gasteiger partial charge in [-0.05, 0) is 33.9 Å². The zero-order valence-corrected chi connectivity index (χ0v) is 7.27. The van der Waals surface area contributed by atoms with Gasteiger partial charge in [-0.3, -0.25) is 0 Å². The highest BCUT2D eigenvalue weighted by Gasteiger charge is 2.10.